The van der Waals surface area contributed by atoms with Gasteiger partial charge in [-0.15, -0.1) is 0 Å². The number of carbonyl (C=O) groups excluding carboxylic acids is 1. The van der Waals surface area contributed by atoms with Gasteiger partial charge in [0.25, 0.3) is 5.91 Å². The quantitative estimate of drug-likeness (QED) is 0.807. The fourth-order valence-corrected chi connectivity index (χ4v) is 3.20. The predicted molar refractivity (Wildman–Crippen MR) is 87.6 cm³/mol. The molecule has 2 fully saturated rings. The summed E-state index contributed by atoms with van der Waals surface area (Å²) in [4.78, 5) is 14.4. The highest BCUT2D eigenvalue weighted by Crippen LogP contribution is 2.29. The normalized spacial score (nSPS) is 20.9. The summed E-state index contributed by atoms with van der Waals surface area (Å²) >= 11 is 0. The van der Waals surface area contributed by atoms with Crippen molar-refractivity contribution >= 4 is 5.91 Å². The van der Waals surface area contributed by atoms with Gasteiger partial charge in [-0.2, -0.15) is 0 Å². The van der Waals surface area contributed by atoms with E-state index in [1.165, 1.54) is 18.4 Å². The Balaban J connectivity index is 1.41. The van der Waals surface area contributed by atoms with E-state index in [2.05, 4.69) is 30.3 Å². The molecule has 1 aromatic rings. The number of benzene rings is 1. The van der Waals surface area contributed by atoms with E-state index in [9.17, 15) is 4.79 Å². The summed E-state index contributed by atoms with van der Waals surface area (Å²) in [5.41, 5.74) is 1.41. The van der Waals surface area contributed by atoms with Crippen molar-refractivity contribution in [3.05, 3.63) is 35.9 Å². The van der Waals surface area contributed by atoms with Gasteiger partial charge >= 0.3 is 0 Å². The van der Waals surface area contributed by atoms with Crippen LogP contribution in [-0.2, 0) is 16.0 Å². The third kappa shape index (κ3) is 4.33. The minimum absolute atomic E-state index is 0.179. The van der Waals surface area contributed by atoms with Gasteiger partial charge in [0, 0.05) is 13.1 Å². The molecule has 3 nitrogen and oxygen atoms in total. The summed E-state index contributed by atoms with van der Waals surface area (Å²) in [7, 11) is 0. The Morgan fingerprint density at radius 1 is 1.14 bits per heavy atom. The third-order valence-electron chi connectivity index (χ3n) is 4.92. The number of likely N-dealkylation sites (tertiary alicyclic amines) is 1. The highest BCUT2D eigenvalue weighted by molar-refractivity contribution is 5.80. The molecule has 1 aliphatic heterocycles. The summed E-state index contributed by atoms with van der Waals surface area (Å²) in [6.45, 7) is 4.43. The number of ether oxygens (including phenoxy) is 1. The van der Waals surface area contributed by atoms with E-state index in [0.29, 0.717) is 11.8 Å². The number of hydrogen-bond acceptors (Lipinski definition) is 2. The lowest BCUT2D eigenvalue weighted by molar-refractivity contribution is -0.144. The maximum absolute atomic E-state index is 12.4. The first kappa shape index (κ1) is 15.5. The first-order chi connectivity index (χ1) is 10.7. The minimum Gasteiger partial charge on any atom is -0.368 e. The molecule has 120 valence electrons. The van der Waals surface area contributed by atoms with Crippen molar-refractivity contribution in [2.24, 2.45) is 11.8 Å². The number of carbonyl (C=O) groups is 1. The molecule has 2 aliphatic rings. The van der Waals surface area contributed by atoms with Crippen LogP contribution in [0.25, 0.3) is 0 Å². The highest BCUT2D eigenvalue weighted by Gasteiger charge is 2.28. The van der Waals surface area contributed by atoms with Gasteiger partial charge in [-0.25, -0.2) is 0 Å². The molecule has 3 rings (SSSR count). The summed E-state index contributed by atoms with van der Waals surface area (Å²) in [5, 5.41) is 0. The molecule has 1 atom stereocenters. The lowest BCUT2D eigenvalue weighted by atomic mass is 9.90. The molecule has 0 radical (unpaired) electrons. The zero-order valence-electron chi connectivity index (χ0n) is 13.5. The fraction of sp³-hybridized carbons (Fsp3) is 0.632. The van der Waals surface area contributed by atoms with E-state index in [-0.39, 0.29) is 12.0 Å². The van der Waals surface area contributed by atoms with Gasteiger partial charge in [0.2, 0.25) is 0 Å². The molecular weight excluding hydrogens is 274 g/mol. The molecule has 1 aromatic carbocycles. The van der Waals surface area contributed by atoms with Crippen molar-refractivity contribution in [1.29, 1.82) is 0 Å². The zero-order valence-corrected chi connectivity index (χ0v) is 13.5. The average molecular weight is 301 g/mol. The molecule has 1 aliphatic carbocycles. The fourth-order valence-electron chi connectivity index (χ4n) is 3.20. The number of rotatable bonds is 6. The maximum atomic E-state index is 12.4. The molecule has 0 aromatic heterocycles. The second-order valence-corrected chi connectivity index (χ2v) is 6.88. The van der Waals surface area contributed by atoms with Crippen LogP contribution in [0.1, 0.15) is 38.2 Å². The van der Waals surface area contributed by atoms with Gasteiger partial charge in [-0.05, 0) is 56.4 Å². The van der Waals surface area contributed by atoms with Gasteiger partial charge in [-0.3, -0.25) is 4.79 Å². The second-order valence-electron chi connectivity index (χ2n) is 6.88. The van der Waals surface area contributed by atoms with E-state index in [1.54, 1.807) is 0 Å². The largest absolute Gasteiger partial charge is 0.368 e. The van der Waals surface area contributed by atoms with Gasteiger partial charge in [0.1, 0.15) is 6.10 Å². The average Bonchev–Trinajstić information content (AvgIpc) is 3.38. The number of nitrogens with zero attached hydrogens (tertiary/aromatic N) is 1. The second kappa shape index (κ2) is 7.28. The zero-order chi connectivity index (χ0) is 15.4. The Bertz CT molecular complexity index is 475. The monoisotopic (exact) mass is 301 g/mol. The van der Waals surface area contributed by atoms with E-state index >= 15 is 0 Å². The van der Waals surface area contributed by atoms with Gasteiger partial charge < -0.3 is 9.64 Å². The number of piperidine rings is 1. The van der Waals surface area contributed by atoms with Crippen LogP contribution >= 0.6 is 0 Å². The Kier molecular flexibility index (Phi) is 5.14. The summed E-state index contributed by atoms with van der Waals surface area (Å²) in [6.07, 6.45) is 5.62. The van der Waals surface area contributed by atoms with Crippen molar-refractivity contribution in [2.45, 2.75) is 45.1 Å². The molecule has 0 spiro atoms. The molecule has 1 saturated heterocycles. The van der Waals surface area contributed by atoms with Crippen LogP contribution in [0.5, 0.6) is 0 Å². The first-order valence-corrected chi connectivity index (χ1v) is 8.66. The molecular formula is C19H27NO2. The van der Waals surface area contributed by atoms with Crippen LogP contribution in [0.4, 0.5) is 0 Å². The first-order valence-electron chi connectivity index (χ1n) is 8.66. The lowest BCUT2D eigenvalue weighted by Crippen LogP contribution is -2.44. The summed E-state index contributed by atoms with van der Waals surface area (Å²) in [5.74, 6) is 1.60. The Morgan fingerprint density at radius 2 is 1.82 bits per heavy atom. The Labute approximate surface area is 133 Å². The van der Waals surface area contributed by atoms with Crippen LogP contribution < -0.4 is 0 Å². The van der Waals surface area contributed by atoms with E-state index in [4.69, 9.17) is 4.74 Å². The molecule has 1 heterocycles. The van der Waals surface area contributed by atoms with Gasteiger partial charge in [-0.1, -0.05) is 30.3 Å². The minimum atomic E-state index is -0.272. The van der Waals surface area contributed by atoms with Crippen molar-refractivity contribution in [3.8, 4) is 0 Å². The van der Waals surface area contributed by atoms with E-state index in [1.807, 2.05) is 11.8 Å². The standard InChI is InChI=1S/C19H27NO2/c1-15(22-14-18-7-8-18)19(21)20-11-9-17(10-12-20)13-16-5-3-2-4-6-16/h2-6,15,17-18H,7-14H2,1H3. The van der Waals surface area contributed by atoms with Crippen LogP contribution in [0.3, 0.4) is 0 Å². The van der Waals surface area contributed by atoms with Crippen LogP contribution in [0.2, 0.25) is 0 Å². The van der Waals surface area contributed by atoms with Crippen molar-refractivity contribution in [1.82, 2.24) is 4.90 Å². The van der Waals surface area contributed by atoms with Crippen molar-refractivity contribution in [2.75, 3.05) is 19.7 Å². The maximum Gasteiger partial charge on any atom is 0.251 e. The third-order valence-corrected chi connectivity index (χ3v) is 4.92. The summed E-state index contributed by atoms with van der Waals surface area (Å²) in [6, 6.07) is 10.7. The Morgan fingerprint density at radius 3 is 2.45 bits per heavy atom. The smallest absolute Gasteiger partial charge is 0.251 e. The number of hydrogen-bond donors (Lipinski definition) is 0. The van der Waals surface area contributed by atoms with Crippen molar-refractivity contribution < 1.29 is 9.53 Å². The molecule has 0 bridgehead atoms. The molecule has 1 amide bonds. The molecule has 1 saturated carbocycles. The lowest BCUT2D eigenvalue weighted by Gasteiger charge is -2.33. The highest BCUT2D eigenvalue weighted by atomic mass is 16.5. The molecule has 0 N–H and O–H groups in total. The van der Waals surface area contributed by atoms with Crippen LogP contribution in [0, 0.1) is 11.8 Å². The topological polar surface area (TPSA) is 29.5 Å². The van der Waals surface area contributed by atoms with Gasteiger partial charge in [0.05, 0.1) is 6.61 Å². The van der Waals surface area contributed by atoms with E-state index in [0.717, 1.165) is 39.0 Å². The number of amides is 1. The Hall–Kier alpha value is -1.35. The van der Waals surface area contributed by atoms with Crippen LogP contribution in [0.15, 0.2) is 30.3 Å². The van der Waals surface area contributed by atoms with Crippen molar-refractivity contribution in [3.63, 3.8) is 0 Å². The SMILES string of the molecule is CC(OCC1CC1)C(=O)N1CCC(Cc2ccccc2)CC1. The predicted octanol–water partition coefficient (Wildman–Crippen LogP) is 3.28. The van der Waals surface area contributed by atoms with E-state index < -0.39 is 0 Å². The van der Waals surface area contributed by atoms with Crippen LogP contribution in [-0.4, -0.2) is 36.6 Å². The summed E-state index contributed by atoms with van der Waals surface area (Å²) < 4.78 is 5.71. The molecule has 3 heteroatoms. The molecule has 22 heavy (non-hydrogen) atoms. The molecule has 1 unspecified atom stereocenters. The van der Waals surface area contributed by atoms with Gasteiger partial charge in [0.15, 0.2) is 0 Å².